The average Bonchev–Trinajstić information content (AvgIpc) is 3.29. The molecule has 0 saturated heterocycles. The average molecular weight is 486 g/mol. The molecule has 0 atom stereocenters. The van der Waals surface area contributed by atoms with Gasteiger partial charge in [0.05, 0.1) is 37.9 Å². The number of allylic oxidation sites excluding steroid dienone is 4. The van der Waals surface area contributed by atoms with Crippen LogP contribution in [-0.2, 0) is 27.4 Å². The smallest absolute Gasteiger partial charge is 0.186 e. The van der Waals surface area contributed by atoms with Crippen molar-refractivity contribution in [2.45, 2.75) is 46.8 Å². The number of rotatable bonds is 17. The molecule has 0 spiro atoms. The minimum absolute atomic E-state index is 0.467. The van der Waals surface area contributed by atoms with Crippen molar-refractivity contribution < 1.29 is 14.2 Å². The summed E-state index contributed by atoms with van der Waals surface area (Å²) in [5.41, 5.74) is 10.3. The molecule has 0 fully saturated rings. The molecule has 2 rings (SSSR count). The van der Waals surface area contributed by atoms with E-state index >= 15 is 0 Å². The van der Waals surface area contributed by atoms with Gasteiger partial charge in [0.25, 0.3) is 0 Å². The van der Waals surface area contributed by atoms with E-state index in [2.05, 4.69) is 42.8 Å². The molecular weight excluding hydrogens is 446 g/mol. The highest BCUT2D eigenvalue weighted by Gasteiger charge is 2.14. The van der Waals surface area contributed by atoms with Gasteiger partial charge in [0.15, 0.2) is 5.13 Å². The summed E-state index contributed by atoms with van der Waals surface area (Å²) < 4.78 is 16.8. The number of nitrogens with two attached hydrogens (primary N) is 1. The summed E-state index contributed by atoms with van der Waals surface area (Å²) in [6, 6.07) is 8.05. The standard InChI is InChI=1S/C27H39N3O3S/c1-5-9-22(4)33-16-15-31-13-14-32-20-26-21-34-27(29-26)30(18-23(7-3)10-6-2)19-24-11-8-12-25(28)17-24/h5,8-12,17,21H,1,6-7,13-16,18-20,28H2,2-4H3/b22-9+,23-10+. The van der Waals surface area contributed by atoms with Crippen molar-refractivity contribution in [2.24, 2.45) is 0 Å². The number of nitrogen functional groups attached to an aromatic ring is 1. The Balaban J connectivity index is 1.85. The van der Waals surface area contributed by atoms with Gasteiger partial charge in [-0.05, 0) is 43.5 Å². The van der Waals surface area contributed by atoms with E-state index in [1.807, 2.05) is 31.2 Å². The molecule has 1 aromatic heterocycles. The number of hydrogen-bond acceptors (Lipinski definition) is 7. The van der Waals surface area contributed by atoms with E-state index in [9.17, 15) is 0 Å². The van der Waals surface area contributed by atoms with E-state index in [1.54, 1.807) is 17.4 Å². The lowest BCUT2D eigenvalue weighted by atomic mass is 10.1. The molecule has 0 aliphatic heterocycles. The summed E-state index contributed by atoms with van der Waals surface area (Å²) >= 11 is 1.65. The summed E-state index contributed by atoms with van der Waals surface area (Å²) in [6.45, 7) is 14.1. The summed E-state index contributed by atoms with van der Waals surface area (Å²) in [7, 11) is 0. The molecule has 0 radical (unpaired) electrons. The molecule has 1 heterocycles. The molecule has 2 aromatic rings. The molecule has 0 amide bonds. The van der Waals surface area contributed by atoms with E-state index in [4.69, 9.17) is 24.9 Å². The lowest BCUT2D eigenvalue weighted by Gasteiger charge is -2.23. The topological polar surface area (TPSA) is 69.8 Å². The number of benzene rings is 1. The van der Waals surface area contributed by atoms with Crippen LogP contribution in [0, 0.1) is 0 Å². The maximum atomic E-state index is 6.00. The Hall–Kier alpha value is -2.61. The molecule has 7 heteroatoms. The first kappa shape index (κ1) is 27.6. The molecule has 6 nitrogen and oxygen atoms in total. The van der Waals surface area contributed by atoms with E-state index in [0.717, 1.165) is 48.2 Å². The zero-order chi connectivity index (χ0) is 24.6. The van der Waals surface area contributed by atoms with Crippen LogP contribution in [0.3, 0.4) is 0 Å². The van der Waals surface area contributed by atoms with E-state index in [0.29, 0.717) is 33.0 Å². The molecule has 34 heavy (non-hydrogen) atoms. The highest BCUT2D eigenvalue weighted by atomic mass is 32.1. The van der Waals surface area contributed by atoms with Crippen LogP contribution in [0.15, 0.2) is 65.8 Å². The van der Waals surface area contributed by atoms with Crippen LogP contribution in [0.2, 0.25) is 0 Å². The number of aromatic nitrogens is 1. The monoisotopic (exact) mass is 485 g/mol. The Morgan fingerprint density at radius 3 is 2.71 bits per heavy atom. The van der Waals surface area contributed by atoms with Gasteiger partial charge in [-0.2, -0.15) is 0 Å². The molecule has 0 aliphatic rings. The second kappa shape index (κ2) is 16.1. The van der Waals surface area contributed by atoms with Gasteiger partial charge >= 0.3 is 0 Å². The summed E-state index contributed by atoms with van der Waals surface area (Å²) in [5, 5.41) is 3.06. The summed E-state index contributed by atoms with van der Waals surface area (Å²) in [4.78, 5) is 7.17. The maximum Gasteiger partial charge on any atom is 0.186 e. The minimum Gasteiger partial charge on any atom is -0.496 e. The van der Waals surface area contributed by atoms with Crippen LogP contribution in [0.25, 0.3) is 0 Å². The largest absolute Gasteiger partial charge is 0.496 e. The zero-order valence-electron chi connectivity index (χ0n) is 20.8. The van der Waals surface area contributed by atoms with Crippen molar-refractivity contribution in [3.63, 3.8) is 0 Å². The Morgan fingerprint density at radius 1 is 1.18 bits per heavy atom. The molecule has 0 unspecified atom stereocenters. The quantitative estimate of drug-likeness (QED) is 0.0957. The van der Waals surface area contributed by atoms with Gasteiger partial charge in [-0.25, -0.2) is 4.98 Å². The van der Waals surface area contributed by atoms with Gasteiger partial charge in [0.1, 0.15) is 6.61 Å². The third-order valence-corrected chi connectivity index (χ3v) is 5.96. The molecule has 0 aliphatic carbocycles. The Labute approximate surface area is 208 Å². The summed E-state index contributed by atoms with van der Waals surface area (Å²) in [6.07, 6.45) is 7.90. The molecular formula is C27H39N3O3S. The Kier molecular flexibility index (Phi) is 13.1. The van der Waals surface area contributed by atoms with Crippen LogP contribution in [0.5, 0.6) is 0 Å². The molecule has 0 bridgehead atoms. The van der Waals surface area contributed by atoms with Crippen LogP contribution in [0.1, 0.15) is 44.9 Å². The fraction of sp³-hybridized carbons (Fsp3) is 0.444. The van der Waals surface area contributed by atoms with E-state index < -0.39 is 0 Å². The lowest BCUT2D eigenvalue weighted by Crippen LogP contribution is -2.25. The van der Waals surface area contributed by atoms with Gasteiger partial charge in [0.2, 0.25) is 0 Å². The molecule has 186 valence electrons. The predicted molar refractivity (Wildman–Crippen MR) is 143 cm³/mol. The SMILES string of the molecule is C=C/C=C(\C)OCCOCCOCc1csc(N(C/C(=C/CC)CC)Cc2cccc(N)c2)n1. The minimum atomic E-state index is 0.467. The second-order valence-electron chi connectivity index (χ2n) is 7.87. The first-order chi connectivity index (χ1) is 16.5. The third-order valence-electron chi connectivity index (χ3n) is 5.01. The third kappa shape index (κ3) is 10.5. The highest BCUT2D eigenvalue weighted by molar-refractivity contribution is 7.13. The predicted octanol–water partition coefficient (Wildman–Crippen LogP) is 6.12. The normalized spacial score (nSPS) is 12.1. The molecule has 0 saturated carbocycles. The number of thiazole rings is 1. The number of hydrogen-bond donors (Lipinski definition) is 1. The van der Waals surface area contributed by atoms with Crippen LogP contribution < -0.4 is 10.6 Å². The fourth-order valence-electron chi connectivity index (χ4n) is 3.34. The number of ether oxygens (including phenoxy) is 3. The van der Waals surface area contributed by atoms with Crippen molar-refractivity contribution >= 4 is 22.2 Å². The van der Waals surface area contributed by atoms with E-state index in [-0.39, 0.29) is 0 Å². The first-order valence-electron chi connectivity index (χ1n) is 11.8. The second-order valence-corrected chi connectivity index (χ2v) is 8.71. The van der Waals surface area contributed by atoms with Gasteiger partial charge in [0, 0.05) is 24.2 Å². The van der Waals surface area contributed by atoms with Crippen molar-refractivity contribution in [3.05, 3.63) is 77.0 Å². The Morgan fingerprint density at radius 2 is 1.97 bits per heavy atom. The zero-order valence-corrected chi connectivity index (χ0v) is 21.6. The fourth-order valence-corrected chi connectivity index (χ4v) is 4.15. The maximum absolute atomic E-state index is 6.00. The van der Waals surface area contributed by atoms with Crippen LogP contribution in [-0.4, -0.2) is 38.0 Å². The van der Waals surface area contributed by atoms with Crippen LogP contribution >= 0.6 is 11.3 Å². The Bertz CT molecular complexity index is 923. The van der Waals surface area contributed by atoms with Gasteiger partial charge in [-0.3, -0.25) is 0 Å². The highest BCUT2D eigenvalue weighted by Crippen LogP contribution is 2.25. The van der Waals surface area contributed by atoms with Gasteiger partial charge < -0.3 is 24.8 Å². The van der Waals surface area contributed by atoms with Crippen molar-refractivity contribution in [1.29, 1.82) is 0 Å². The lowest BCUT2D eigenvalue weighted by molar-refractivity contribution is 0.0215. The number of nitrogens with zero attached hydrogens (tertiary/aromatic N) is 2. The molecule has 2 N–H and O–H groups in total. The summed E-state index contributed by atoms with van der Waals surface area (Å²) in [5.74, 6) is 0.829. The van der Waals surface area contributed by atoms with Crippen LogP contribution in [0.4, 0.5) is 10.8 Å². The molecule has 1 aromatic carbocycles. The van der Waals surface area contributed by atoms with Gasteiger partial charge in [-0.1, -0.05) is 50.3 Å². The van der Waals surface area contributed by atoms with E-state index in [1.165, 1.54) is 11.1 Å². The number of anilines is 2. The van der Waals surface area contributed by atoms with Crippen molar-refractivity contribution in [3.8, 4) is 0 Å². The van der Waals surface area contributed by atoms with Crippen molar-refractivity contribution in [1.82, 2.24) is 4.98 Å². The first-order valence-corrected chi connectivity index (χ1v) is 12.7. The van der Waals surface area contributed by atoms with Crippen molar-refractivity contribution in [2.75, 3.05) is 43.6 Å². The van der Waals surface area contributed by atoms with Gasteiger partial charge in [-0.15, -0.1) is 11.3 Å².